The van der Waals surface area contributed by atoms with E-state index in [1.165, 1.54) is 6.07 Å². The molecule has 0 aliphatic carbocycles. The van der Waals surface area contributed by atoms with E-state index < -0.39 is 0 Å². The van der Waals surface area contributed by atoms with Gasteiger partial charge in [-0.05, 0) is 47.4 Å². The van der Waals surface area contributed by atoms with Crippen LogP contribution in [0.5, 0.6) is 0 Å². The number of nitro groups is 1. The molecule has 1 heterocycles. The molecule has 1 fully saturated rings. The van der Waals surface area contributed by atoms with Crippen molar-refractivity contribution in [3.63, 3.8) is 0 Å². The van der Waals surface area contributed by atoms with Crippen LogP contribution in [0.15, 0.2) is 22.7 Å². The molecule has 0 spiro atoms. The maximum Gasteiger partial charge on any atom is 0.283 e. The molecular formula is C13H14BrN3O2. The van der Waals surface area contributed by atoms with Crippen LogP contribution in [0.1, 0.15) is 18.4 Å². The molecule has 0 N–H and O–H groups in total. The van der Waals surface area contributed by atoms with Crippen molar-refractivity contribution in [1.82, 2.24) is 4.90 Å². The number of benzene rings is 1. The molecule has 100 valence electrons. The summed E-state index contributed by atoms with van der Waals surface area (Å²) < 4.78 is 0.558. The Kier molecular flexibility index (Phi) is 4.51. The molecule has 0 radical (unpaired) electrons. The highest BCUT2D eigenvalue weighted by molar-refractivity contribution is 9.10. The quantitative estimate of drug-likeness (QED) is 0.633. The van der Waals surface area contributed by atoms with Gasteiger partial charge in [0.1, 0.15) is 0 Å². The minimum atomic E-state index is -0.379. The van der Waals surface area contributed by atoms with Gasteiger partial charge in [0.2, 0.25) is 0 Å². The maximum atomic E-state index is 10.9. The lowest BCUT2D eigenvalue weighted by atomic mass is 9.98. The van der Waals surface area contributed by atoms with Crippen LogP contribution >= 0.6 is 15.9 Å². The van der Waals surface area contributed by atoms with E-state index in [2.05, 4.69) is 26.9 Å². The SMILES string of the molecule is N#CC1CCN(Cc2cccc([N+](=O)[O-])c2Br)CC1. The Morgan fingerprint density at radius 3 is 2.74 bits per heavy atom. The predicted octanol–water partition coefficient (Wildman–Crippen LogP) is 3.09. The third-order valence-corrected chi connectivity index (χ3v) is 4.33. The van der Waals surface area contributed by atoms with E-state index in [-0.39, 0.29) is 16.5 Å². The van der Waals surface area contributed by atoms with E-state index in [4.69, 9.17) is 5.26 Å². The van der Waals surface area contributed by atoms with Crippen LogP contribution in [0.2, 0.25) is 0 Å². The molecule has 0 unspecified atom stereocenters. The van der Waals surface area contributed by atoms with E-state index in [1.54, 1.807) is 6.07 Å². The molecule has 1 aromatic carbocycles. The highest BCUT2D eigenvalue weighted by atomic mass is 79.9. The van der Waals surface area contributed by atoms with Crippen LogP contribution in [0.25, 0.3) is 0 Å². The summed E-state index contributed by atoms with van der Waals surface area (Å²) in [6.07, 6.45) is 1.76. The number of piperidine rings is 1. The Bertz CT molecular complexity index is 519. The molecular weight excluding hydrogens is 310 g/mol. The topological polar surface area (TPSA) is 70.2 Å². The van der Waals surface area contributed by atoms with Gasteiger partial charge >= 0.3 is 0 Å². The summed E-state index contributed by atoms with van der Waals surface area (Å²) >= 11 is 3.31. The fourth-order valence-corrected chi connectivity index (χ4v) is 2.82. The average Bonchev–Trinajstić information content (AvgIpc) is 2.41. The summed E-state index contributed by atoms with van der Waals surface area (Å²) in [5.41, 5.74) is 1.02. The van der Waals surface area contributed by atoms with Gasteiger partial charge in [-0.2, -0.15) is 5.26 Å². The second-order valence-electron chi connectivity index (χ2n) is 4.69. The summed E-state index contributed by atoms with van der Waals surface area (Å²) in [7, 11) is 0. The van der Waals surface area contributed by atoms with Crippen LogP contribution < -0.4 is 0 Å². The molecule has 19 heavy (non-hydrogen) atoms. The first-order valence-corrected chi connectivity index (χ1v) is 6.95. The molecule has 0 saturated carbocycles. The Hall–Kier alpha value is -1.45. The number of halogens is 1. The molecule has 1 aliphatic heterocycles. The lowest BCUT2D eigenvalue weighted by Crippen LogP contribution is -2.32. The summed E-state index contributed by atoms with van der Waals surface area (Å²) in [6, 6.07) is 7.40. The number of hydrogen-bond donors (Lipinski definition) is 0. The smallest absolute Gasteiger partial charge is 0.283 e. The predicted molar refractivity (Wildman–Crippen MR) is 74.4 cm³/mol. The van der Waals surface area contributed by atoms with Gasteiger partial charge in [-0.25, -0.2) is 0 Å². The van der Waals surface area contributed by atoms with Crippen molar-refractivity contribution in [3.8, 4) is 6.07 Å². The van der Waals surface area contributed by atoms with Crippen LogP contribution in [0, 0.1) is 27.4 Å². The molecule has 5 nitrogen and oxygen atoms in total. The molecule has 6 heteroatoms. The first kappa shape index (κ1) is 14.0. The van der Waals surface area contributed by atoms with Gasteiger partial charge in [-0.1, -0.05) is 12.1 Å². The zero-order valence-corrected chi connectivity index (χ0v) is 12.0. The van der Waals surface area contributed by atoms with Crippen molar-refractivity contribution in [2.75, 3.05) is 13.1 Å². The van der Waals surface area contributed by atoms with Crippen molar-refractivity contribution >= 4 is 21.6 Å². The molecule has 0 amide bonds. The second kappa shape index (κ2) is 6.13. The largest absolute Gasteiger partial charge is 0.299 e. The Morgan fingerprint density at radius 1 is 1.47 bits per heavy atom. The summed E-state index contributed by atoms with van der Waals surface area (Å²) in [6.45, 7) is 2.42. The fraction of sp³-hybridized carbons (Fsp3) is 0.462. The normalized spacial score (nSPS) is 17.1. The van der Waals surface area contributed by atoms with Crippen molar-refractivity contribution in [3.05, 3.63) is 38.3 Å². The first-order chi connectivity index (χ1) is 9.11. The molecule has 0 bridgehead atoms. The Balaban J connectivity index is 2.06. The Morgan fingerprint density at radius 2 is 2.16 bits per heavy atom. The van der Waals surface area contributed by atoms with Gasteiger partial charge in [0.05, 0.1) is 15.5 Å². The van der Waals surface area contributed by atoms with Crippen LogP contribution in [0.4, 0.5) is 5.69 Å². The van der Waals surface area contributed by atoms with Gasteiger partial charge in [-0.3, -0.25) is 15.0 Å². The molecule has 1 aliphatic rings. The maximum absolute atomic E-state index is 10.9. The van der Waals surface area contributed by atoms with Crippen molar-refractivity contribution in [2.24, 2.45) is 5.92 Å². The standard InChI is InChI=1S/C13H14BrN3O2/c14-13-11(2-1-3-12(13)17(18)19)9-16-6-4-10(8-15)5-7-16/h1-3,10H,4-7,9H2. The van der Waals surface area contributed by atoms with E-state index in [9.17, 15) is 10.1 Å². The summed E-state index contributed by atoms with van der Waals surface area (Å²) in [5, 5.41) is 19.7. The third kappa shape index (κ3) is 3.31. The van der Waals surface area contributed by atoms with Gasteiger partial charge in [0.25, 0.3) is 5.69 Å². The third-order valence-electron chi connectivity index (χ3n) is 3.42. The summed E-state index contributed by atoms with van der Waals surface area (Å²) in [4.78, 5) is 12.7. The lowest BCUT2D eigenvalue weighted by molar-refractivity contribution is -0.385. The first-order valence-electron chi connectivity index (χ1n) is 6.15. The number of nitro benzene ring substituents is 1. The highest BCUT2D eigenvalue weighted by Crippen LogP contribution is 2.30. The fourth-order valence-electron chi connectivity index (χ4n) is 2.29. The molecule has 2 rings (SSSR count). The minimum Gasteiger partial charge on any atom is -0.299 e. The molecule has 0 atom stereocenters. The van der Waals surface area contributed by atoms with Crippen LogP contribution in [-0.2, 0) is 6.54 Å². The molecule has 0 aromatic heterocycles. The van der Waals surface area contributed by atoms with Gasteiger partial charge < -0.3 is 0 Å². The van der Waals surface area contributed by atoms with E-state index >= 15 is 0 Å². The van der Waals surface area contributed by atoms with E-state index in [0.717, 1.165) is 31.5 Å². The zero-order valence-electron chi connectivity index (χ0n) is 10.4. The van der Waals surface area contributed by atoms with Gasteiger partial charge in [0, 0.05) is 18.5 Å². The van der Waals surface area contributed by atoms with Gasteiger partial charge in [-0.15, -0.1) is 0 Å². The summed E-state index contributed by atoms with van der Waals surface area (Å²) in [5.74, 6) is 0.157. The van der Waals surface area contributed by atoms with E-state index in [1.807, 2.05) is 6.07 Å². The van der Waals surface area contributed by atoms with Crippen molar-refractivity contribution in [2.45, 2.75) is 19.4 Å². The number of rotatable bonds is 3. The number of hydrogen-bond acceptors (Lipinski definition) is 4. The van der Waals surface area contributed by atoms with E-state index in [0.29, 0.717) is 11.0 Å². The highest BCUT2D eigenvalue weighted by Gasteiger charge is 2.21. The van der Waals surface area contributed by atoms with Crippen LogP contribution in [-0.4, -0.2) is 22.9 Å². The second-order valence-corrected chi connectivity index (χ2v) is 5.48. The Labute approximate surface area is 120 Å². The number of nitriles is 1. The minimum absolute atomic E-state index is 0.101. The zero-order chi connectivity index (χ0) is 13.8. The van der Waals surface area contributed by atoms with Crippen molar-refractivity contribution < 1.29 is 4.92 Å². The van der Waals surface area contributed by atoms with Crippen molar-refractivity contribution in [1.29, 1.82) is 5.26 Å². The molecule has 1 saturated heterocycles. The monoisotopic (exact) mass is 323 g/mol. The number of nitrogens with zero attached hydrogens (tertiary/aromatic N) is 3. The lowest BCUT2D eigenvalue weighted by Gasteiger charge is -2.29. The average molecular weight is 324 g/mol. The van der Waals surface area contributed by atoms with Crippen LogP contribution in [0.3, 0.4) is 0 Å². The van der Waals surface area contributed by atoms with Gasteiger partial charge in [0.15, 0.2) is 0 Å². The number of likely N-dealkylation sites (tertiary alicyclic amines) is 1. The molecule has 1 aromatic rings.